The summed E-state index contributed by atoms with van der Waals surface area (Å²) in [5.74, 6) is -0.305. The van der Waals surface area contributed by atoms with Crippen LogP contribution in [0.15, 0.2) is 72.0 Å². The average Bonchev–Trinajstić information content (AvgIpc) is 3.08. The Bertz CT molecular complexity index is 1050. The summed E-state index contributed by atoms with van der Waals surface area (Å²) in [5, 5.41) is 4.85. The number of hydrogen-bond donors (Lipinski definition) is 3. The minimum Gasteiger partial charge on any atom is -0.361 e. The van der Waals surface area contributed by atoms with Crippen molar-refractivity contribution < 1.29 is 4.39 Å². The average molecular weight is 414 g/mol. The molecule has 0 saturated heterocycles. The number of nitrogens with zero attached hydrogens (tertiary/aromatic N) is 1. The van der Waals surface area contributed by atoms with Gasteiger partial charge in [-0.05, 0) is 60.5 Å². The highest BCUT2D eigenvalue weighted by Gasteiger charge is 2.07. The summed E-state index contributed by atoms with van der Waals surface area (Å²) in [4.78, 5) is 8.00. The number of halogens is 2. The second kappa shape index (κ2) is 9.73. The van der Waals surface area contributed by atoms with Crippen molar-refractivity contribution >= 4 is 35.1 Å². The predicted octanol–water partition coefficient (Wildman–Crippen LogP) is 5.64. The van der Waals surface area contributed by atoms with Crippen molar-refractivity contribution in [2.75, 3.05) is 7.05 Å². The maximum absolute atomic E-state index is 13.1. The molecule has 0 fully saturated rings. The highest BCUT2D eigenvalue weighted by molar-refractivity contribution is 7.80. The van der Waals surface area contributed by atoms with Crippen molar-refractivity contribution in [3.63, 3.8) is 0 Å². The normalized spacial score (nSPS) is 10.6. The molecule has 4 aromatic rings. The van der Waals surface area contributed by atoms with Crippen LogP contribution < -0.4 is 5.32 Å². The first kappa shape index (κ1) is 20.4. The van der Waals surface area contributed by atoms with Gasteiger partial charge in [0.15, 0.2) is 0 Å². The summed E-state index contributed by atoms with van der Waals surface area (Å²) in [6.07, 6.45) is 6.13. The number of nitrogens with one attached hydrogen (secondary N) is 2. The maximum atomic E-state index is 13.1. The van der Waals surface area contributed by atoms with Gasteiger partial charge in [-0.25, -0.2) is 4.39 Å². The highest BCUT2D eigenvalue weighted by atomic mass is 35.5. The van der Waals surface area contributed by atoms with Gasteiger partial charge in [0.05, 0.1) is 0 Å². The summed E-state index contributed by atoms with van der Waals surface area (Å²) >= 11 is 10.1. The summed E-state index contributed by atoms with van der Waals surface area (Å²) in [6, 6.07) is 14.6. The third-order valence-corrected chi connectivity index (χ3v) is 4.87. The fourth-order valence-electron chi connectivity index (χ4n) is 2.92. The lowest BCUT2D eigenvalue weighted by atomic mass is 10.0. The molecule has 0 saturated carbocycles. The number of rotatable bonds is 4. The minimum atomic E-state index is -0.305. The molecule has 0 atom stereocenters. The Labute approximate surface area is 174 Å². The van der Waals surface area contributed by atoms with Crippen LogP contribution in [0.2, 0.25) is 5.02 Å². The summed E-state index contributed by atoms with van der Waals surface area (Å²) in [6.45, 7) is 0.836. The van der Waals surface area contributed by atoms with E-state index < -0.39 is 0 Å². The van der Waals surface area contributed by atoms with E-state index in [4.69, 9.17) is 11.6 Å². The van der Waals surface area contributed by atoms with Crippen LogP contribution in [0.5, 0.6) is 0 Å². The largest absolute Gasteiger partial charge is 0.361 e. The number of H-pyrrole nitrogens is 1. The maximum Gasteiger partial charge on any atom is 0.124 e. The fraction of sp³-hybridized carbons (Fsp3) is 0.136. The zero-order valence-corrected chi connectivity index (χ0v) is 17.1. The Hall–Kier alpha value is -2.34. The van der Waals surface area contributed by atoms with E-state index in [1.807, 2.05) is 25.4 Å². The van der Waals surface area contributed by atoms with Gasteiger partial charge in [0.2, 0.25) is 0 Å². The molecule has 2 aromatic heterocycles. The first-order chi connectivity index (χ1) is 13.6. The van der Waals surface area contributed by atoms with E-state index in [-0.39, 0.29) is 5.82 Å². The van der Waals surface area contributed by atoms with Crippen molar-refractivity contribution in [3.05, 3.63) is 94.7 Å². The Balaban J connectivity index is 0.000000271. The molecule has 4 rings (SSSR count). The Kier molecular flexibility index (Phi) is 7.09. The molecule has 0 amide bonds. The third-order valence-electron chi connectivity index (χ3n) is 4.25. The van der Waals surface area contributed by atoms with Crippen LogP contribution in [0, 0.1) is 5.82 Å². The number of thiol groups is 1. The Morgan fingerprint density at radius 1 is 1.14 bits per heavy atom. The van der Waals surface area contributed by atoms with Crippen molar-refractivity contribution in [1.82, 2.24) is 15.3 Å². The van der Waals surface area contributed by atoms with Crippen LogP contribution in [-0.4, -0.2) is 17.0 Å². The van der Waals surface area contributed by atoms with Gasteiger partial charge >= 0.3 is 0 Å². The molecule has 0 aliphatic heterocycles. The highest BCUT2D eigenvalue weighted by Crippen LogP contribution is 2.24. The van der Waals surface area contributed by atoms with Crippen LogP contribution in [-0.2, 0) is 13.0 Å². The molecule has 0 bridgehead atoms. The number of benzene rings is 2. The van der Waals surface area contributed by atoms with E-state index in [2.05, 4.69) is 46.1 Å². The lowest BCUT2D eigenvalue weighted by molar-refractivity contribution is 0.627. The molecule has 2 aromatic carbocycles. The lowest BCUT2D eigenvalue weighted by Crippen LogP contribution is -2.03. The minimum absolute atomic E-state index is 0.305. The van der Waals surface area contributed by atoms with E-state index in [0.29, 0.717) is 11.4 Å². The zero-order valence-electron chi connectivity index (χ0n) is 15.4. The molecular formula is C22H21ClFN3S. The Morgan fingerprint density at radius 3 is 2.64 bits per heavy atom. The van der Waals surface area contributed by atoms with E-state index in [9.17, 15) is 4.39 Å². The number of pyridine rings is 1. The molecule has 2 heterocycles. The standard InChI is InChI=1S/C17H16ClFN2.C5H5NS/c1-20-9-13-10-21-17-7-11(2-5-15(13)17)6-12-3-4-14(19)8-16(12)18;7-5-2-1-3-6-4-5/h2-5,7-8,10,20-21H,6,9H2,1H3;1-4,7H. The van der Waals surface area contributed by atoms with E-state index in [0.717, 1.165) is 28.1 Å². The fourth-order valence-corrected chi connectivity index (χ4v) is 3.31. The monoisotopic (exact) mass is 413 g/mol. The summed E-state index contributed by atoms with van der Waals surface area (Å²) < 4.78 is 13.1. The van der Waals surface area contributed by atoms with Crippen LogP contribution in [0.3, 0.4) is 0 Å². The lowest BCUT2D eigenvalue weighted by Gasteiger charge is -2.05. The third kappa shape index (κ3) is 5.35. The second-order valence-electron chi connectivity index (χ2n) is 6.35. The Morgan fingerprint density at radius 2 is 2.00 bits per heavy atom. The molecule has 0 aliphatic rings. The molecule has 0 spiro atoms. The molecule has 28 heavy (non-hydrogen) atoms. The van der Waals surface area contributed by atoms with Gasteiger partial charge in [-0.1, -0.05) is 29.8 Å². The van der Waals surface area contributed by atoms with Gasteiger partial charge in [-0.15, -0.1) is 12.6 Å². The van der Waals surface area contributed by atoms with Crippen LogP contribution in [0.1, 0.15) is 16.7 Å². The first-order valence-corrected chi connectivity index (χ1v) is 9.65. The van der Waals surface area contributed by atoms with Crippen LogP contribution in [0.4, 0.5) is 4.39 Å². The predicted molar refractivity (Wildman–Crippen MR) is 117 cm³/mol. The number of aromatic amines is 1. The number of fused-ring (bicyclic) bond motifs is 1. The number of hydrogen-bond acceptors (Lipinski definition) is 3. The van der Waals surface area contributed by atoms with Crippen molar-refractivity contribution in [2.24, 2.45) is 0 Å². The van der Waals surface area contributed by atoms with Crippen molar-refractivity contribution in [3.8, 4) is 0 Å². The SMILES string of the molecule is CNCc1c[nH]c2cc(Cc3ccc(F)cc3Cl)ccc12.Sc1cccnc1. The quantitative estimate of drug-likeness (QED) is 0.379. The molecule has 0 unspecified atom stereocenters. The topological polar surface area (TPSA) is 40.7 Å². The van der Waals surface area contributed by atoms with Crippen molar-refractivity contribution in [1.29, 1.82) is 0 Å². The molecule has 144 valence electrons. The molecule has 0 radical (unpaired) electrons. The van der Waals surface area contributed by atoms with Gasteiger partial charge in [-0.3, -0.25) is 4.98 Å². The van der Waals surface area contributed by atoms with Crippen molar-refractivity contribution in [2.45, 2.75) is 17.9 Å². The zero-order chi connectivity index (χ0) is 19.9. The van der Waals surface area contributed by atoms with Gasteiger partial charge in [0.1, 0.15) is 5.82 Å². The van der Waals surface area contributed by atoms with Gasteiger partial charge < -0.3 is 10.3 Å². The smallest absolute Gasteiger partial charge is 0.124 e. The second-order valence-corrected chi connectivity index (χ2v) is 7.27. The molecule has 2 N–H and O–H groups in total. The first-order valence-electron chi connectivity index (χ1n) is 8.83. The van der Waals surface area contributed by atoms with E-state index in [1.165, 1.54) is 23.1 Å². The molecule has 3 nitrogen and oxygen atoms in total. The van der Waals surface area contributed by atoms with Crippen LogP contribution >= 0.6 is 24.2 Å². The van der Waals surface area contributed by atoms with Gasteiger partial charge in [-0.2, -0.15) is 0 Å². The molecular weight excluding hydrogens is 393 g/mol. The van der Waals surface area contributed by atoms with E-state index >= 15 is 0 Å². The van der Waals surface area contributed by atoms with Crippen LogP contribution in [0.25, 0.3) is 10.9 Å². The summed E-state index contributed by atoms with van der Waals surface area (Å²) in [7, 11) is 1.93. The van der Waals surface area contributed by atoms with Gasteiger partial charge in [0, 0.05) is 46.0 Å². The number of aromatic nitrogens is 2. The summed E-state index contributed by atoms with van der Waals surface area (Å²) in [5.41, 5.74) is 4.43. The van der Waals surface area contributed by atoms with E-state index in [1.54, 1.807) is 18.5 Å². The van der Waals surface area contributed by atoms with Gasteiger partial charge in [0.25, 0.3) is 0 Å². The molecule has 0 aliphatic carbocycles. The molecule has 6 heteroatoms.